The molecule has 2 aromatic rings. The summed E-state index contributed by atoms with van der Waals surface area (Å²) in [6.45, 7) is 4.75. The largest absolute Gasteiger partial charge is 0.338 e. The molecule has 1 fully saturated rings. The highest BCUT2D eigenvalue weighted by atomic mass is 16.2. The van der Waals surface area contributed by atoms with Crippen LogP contribution in [0, 0.1) is 11.3 Å². The normalized spacial score (nSPS) is 20.1. The molecule has 142 valence electrons. The molecule has 1 aliphatic carbocycles. The van der Waals surface area contributed by atoms with E-state index in [9.17, 15) is 9.59 Å². The third kappa shape index (κ3) is 4.72. The van der Waals surface area contributed by atoms with Crippen LogP contribution in [-0.4, -0.2) is 34.6 Å². The predicted octanol–water partition coefficient (Wildman–Crippen LogP) is 2.83. The second kappa shape index (κ2) is 8.03. The van der Waals surface area contributed by atoms with Crippen molar-refractivity contribution in [3.8, 4) is 0 Å². The molecule has 0 aliphatic heterocycles. The lowest BCUT2D eigenvalue weighted by atomic mass is 9.58. The standard InChI is InChI=1S/C19H24N6O2/c1-19(2)13(12-22-17(26)23-14-3-7-20-8-4-14)11-16(19)25-18(27)24-15-5-9-21-10-6-15/h3-10,13,16H,11-12H2,1-2H3,(H2,20,22,23,26)(H2,21,24,25,27)/t13-,16-/m0/s1. The molecule has 1 aliphatic rings. The Morgan fingerprint density at radius 2 is 1.48 bits per heavy atom. The molecule has 2 atom stereocenters. The first-order valence-corrected chi connectivity index (χ1v) is 8.87. The molecule has 0 aromatic carbocycles. The fraction of sp³-hybridized carbons (Fsp3) is 0.368. The molecule has 3 rings (SSSR count). The van der Waals surface area contributed by atoms with Gasteiger partial charge < -0.3 is 21.3 Å². The minimum atomic E-state index is -0.246. The molecule has 0 bridgehead atoms. The number of amides is 4. The maximum absolute atomic E-state index is 12.2. The van der Waals surface area contributed by atoms with Gasteiger partial charge in [-0.2, -0.15) is 0 Å². The number of hydrogen-bond donors (Lipinski definition) is 4. The van der Waals surface area contributed by atoms with Gasteiger partial charge in [0, 0.05) is 48.7 Å². The fourth-order valence-electron chi connectivity index (χ4n) is 3.19. The predicted molar refractivity (Wildman–Crippen MR) is 103 cm³/mol. The average molecular weight is 368 g/mol. The van der Waals surface area contributed by atoms with Crippen LogP contribution in [0.25, 0.3) is 0 Å². The first-order valence-electron chi connectivity index (χ1n) is 8.87. The highest BCUT2D eigenvalue weighted by Crippen LogP contribution is 2.45. The zero-order chi connectivity index (χ0) is 19.3. The molecule has 0 spiro atoms. The summed E-state index contributed by atoms with van der Waals surface area (Å²) in [4.78, 5) is 32.0. The summed E-state index contributed by atoms with van der Waals surface area (Å²) in [7, 11) is 0. The lowest BCUT2D eigenvalue weighted by Crippen LogP contribution is -2.61. The molecule has 4 amide bonds. The molecule has 0 saturated heterocycles. The first-order chi connectivity index (χ1) is 12.9. The van der Waals surface area contributed by atoms with Gasteiger partial charge >= 0.3 is 12.1 Å². The maximum atomic E-state index is 12.2. The summed E-state index contributed by atoms with van der Waals surface area (Å²) in [5.74, 6) is 0.284. The Balaban J connectivity index is 1.42. The summed E-state index contributed by atoms with van der Waals surface area (Å²) in [6.07, 6.45) is 7.31. The third-order valence-corrected chi connectivity index (χ3v) is 5.16. The van der Waals surface area contributed by atoms with Crippen LogP contribution in [-0.2, 0) is 0 Å². The van der Waals surface area contributed by atoms with Gasteiger partial charge in [-0.15, -0.1) is 0 Å². The fourth-order valence-corrected chi connectivity index (χ4v) is 3.19. The summed E-state index contributed by atoms with van der Waals surface area (Å²) in [5, 5.41) is 11.5. The van der Waals surface area contributed by atoms with E-state index in [0.29, 0.717) is 17.9 Å². The van der Waals surface area contributed by atoms with Gasteiger partial charge in [-0.3, -0.25) is 9.97 Å². The average Bonchev–Trinajstić information content (AvgIpc) is 2.65. The number of nitrogens with one attached hydrogen (secondary N) is 4. The van der Waals surface area contributed by atoms with Gasteiger partial charge in [0.05, 0.1) is 0 Å². The molecule has 2 heterocycles. The monoisotopic (exact) mass is 368 g/mol. The number of pyridine rings is 2. The Kier molecular flexibility index (Phi) is 5.54. The number of hydrogen-bond acceptors (Lipinski definition) is 4. The number of nitrogens with zero attached hydrogens (tertiary/aromatic N) is 2. The van der Waals surface area contributed by atoms with Gasteiger partial charge in [-0.25, -0.2) is 9.59 Å². The van der Waals surface area contributed by atoms with E-state index < -0.39 is 0 Å². The molecule has 0 radical (unpaired) electrons. The van der Waals surface area contributed by atoms with E-state index in [1.807, 2.05) is 0 Å². The van der Waals surface area contributed by atoms with Crippen molar-refractivity contribution in [1.82, 2.24) is 20.6 Å². The zero-order valence-electron chi connectivity index (χ0n) is 15.4. The van der Waals surface area contributed by atoms with Crippen LogP contribution in [0.3, 0.4) is 0 Å². The molecular weight excluding hydrogens is 344 g/mol. The van der Waals surface area contributed by atoms with Crippen LogP contribution < -0.4 is 21.3 Å². The van der Waals surface area contributed by atoms with E-state index in [-0.39, 0.29) is 29.4 Å². The van der Waals surface area contributed by atoms with Crippen molar-refractivity contribution in [3.05, 3.63) is 49.1 Å². The summed E-state index contributed by atoms with van der Waals surface area (Å²) >= 11 is 0. The Morgan fingerprint density at radius 1 is 0.963 bits per heavy atom. The molecule has 27 heavy (non-hydrogen) atoms. The Labute approximate surface area is 158 Å². The summed E-state index contributed by atoms with van der Waals surface area (Å²) < 4.78 is 0. The second-order valence-corrected chi connectivity index (χ2v) is 7.21. The maximum Gasteiger partial charge on any atom is 0.319 e. The van der Waals surface area contributed by atoms with Crippen molar-refractivity contribution in [2.24, 2.45) is 11.3 Å². The molecule has 1 saturated carbocycles. The van der Waals surface area contributed by atoms with Crippen LogP contribution in [0.15, 0.2) is 49.1 Å². The summed E-state index contributed by atoms with van der Waals surface area (Å²) in [5.41, 5.74) is 1.29. The lowest BCUT2D eigenvalue weighted by Gasteiger charge is -2.52. The van der Waals surface area contributed by atoms with Crippen LogP contribution in [0.1, 0.15) is 20.3 Å². The van der Waals surface area contributed by atoms with Crippen LogP contribution in [0.2, 0.25) is 0 Å². The Hall–Kier alpha value is -3.16. The van der Waals surface area contributed by atoms with Crippen molar-refractivity contribution >= 4 is 23.4 Å². The molecule has 8 heteroatoms. The third-order valence-electron chi connectivity index (χ3n) is 5.16. The van der Waals surface area contributed by atoms with Crippen molar-refractivity contribution in [3.63, 3.8) is 0 Å². The zero-order valence-corrected chi connectivity index (χ0v) is 15.4. The number of carbonyl (C=O) groups is 2. The summed E-state index contributed by atoms with van der Waals surface area (Å²) in [6, 6.07) is 6.50. The molecule has 4 N–H and O–H groups in total. The van der Waals surface area contributed by atoms with E-state index in [1.165, 1.54) is 0 Å². The van der Waals surface area contributed by atoms with E-state index in [1.54, 1.807) is 49.1 Å². The quantitative estimate of drug-likeness (QED) is 0.651. The van der Waals surface area contributed by atoms with E-state index in [2.05, 4.69) is 45.1 Å². The molecular formula is C19H24N6O2. The molecule has 0 unspecified atom stereocenters. The van der Waals surface area contributed by atoms with Gasteiger partial charge in [-0.05, 0) is 42.0 Å². The Morgan fingerprint density at radius 3 is 2.00 bits per heavy atom. The smallest absolute Gasteiger partial charge is 0.319 e. The van der Waals surface area contributed by atoms with Crippen LogP contribution in [0.4, 0.5) is 21.0 Å². The van der Waals surface area contributed by atoms with Crippen molar-refractivity contribution in [1.29, 1.82) is 0 Å². The number of anilines is 2. The highest BCUT2D eigenvalue weighted by Gasteiger charge is 2.48. The van der Waals surface area contributed by atoms with Crippen LogP contribution in [0.5, 0.6) is 0 Å². The molecule has 2 aromatic heterocycles. The van der Waals surface area contributed by atoms with E-state index in [4.69, 9.17) is 0 Å². The van der Waals surface area contributed by atoms with Gasteiger partial charge in [-0.1, -0.05) is 13.8 Å². The van der Waals surface area contributed by atoms with Crippen molar-refractivity contribution in [2.45, 2.75) is 26.3 Å². The van der Waals surface area contributed by atoms with Crippen LogP contribution >= 0.6 is 0 Å². The first kappa shape index (κ1) is 18.6. The van der Waals surface area contributed by atoms with Gasteiger partial charge in [0.15, 0.2) is 0 Å². The van der Waals surface area contributed by atoms with Crippen molar-refractivity contribution in [2.75, 3.05) is 17.2 Å². The SMILES string of the molecule is CC1(C)[C@H](CNC(=O)Nc2ccncc2)C[C@@H]1NC(=O)Nc1ccncc1. The highest BCUT2D eigenvalue weighted by molar-refractivity contribution is 5.90. The minimum Gasteiger partial charge on any atom is -0.338 e. The second-order valence-electron chi connectivity index (χ2n) is 7.21. The topological polar surface area (TPSA) is 108 Å². The number of aromatic nitrogens is 2. The van der Waals surface area contributed by atoms with Crippen molar-refractivity contribution < 1.29 is 9.59 Å². The Bertz CT molecular complexity index is 781. The van der Waals surface area contributed by atoms with E-state index in [0.717, 1.165) is 6.42 Å². The van der Waals surface area contributed by atoms with Gasteiger partial charge in [0.2, 0.25) is 0 Å². The molecule has 8 nitrogen and oxygen atoms in total. The number of urea groups is 2. The minimum absolute atomic E-state index is 0.0504. The van der Waals surface area contributed by atoms with E-state index >= 15 is 0 Å². The van der Waals surface area contributed by atoms with Gasteiger partial charge in [0.1, 0.15) is 0 Å². The lowest BCUT2D eigenvalue weighted by molar-refractivity contribution is 0.0244. The van der Waals surface area contributed by atoms with Gasteiger partial charge in [0.25, 0.3) is 0 Å². The number of rotatable bonds is 5. The number of carbonyl (C=O) groups excluding carboxylic acids is 2.